The van der Waals surface area contributed by atoms with Gasteiger partial charge < -0.3 is 10.1 Å². The minimum atomic E-state index is -0.324. The minimum absolute atomic E-state index is 0.324. The van der Waals surface area contributed by atoms with Crippen LogP contribution >= 0.6 is 11.3 Å². The van der Waals surface area contributed by atoms with Gasteiger partial charge in [-0.1, -0.05) is 23.8 Å². The summed E-state index contributed by atoms with van der Waals surface area (Å²) >= 11 is 1.44. The van der Waals surface area contributed by atoms with Crippen LogP contribution in [-0.2, 0) is 6.61 Å². The molecule has 3 heterocycles. The summed E-state index contributed by atoms with van der Waals surface area (Å²) in [7, 11) is 0. The molecule has 3 aromatic heterocycles. The highest BCUT2D eigenvalue weighted by molar-refractivity contribution is 7.13. The fourth-order valence-electron chi connectivity index (χ4n) is 2.97. The Morgan fingerprint density at radius 1 is 1.10 bits per heavy atom. The van der Waals surface area contributed by atoms with Gasteiger partial charge in [0, 0.05) is 29.5 Å². The molecule has 0 aliphatic heterocycles. The van der Waals surface area contributed by atoms with Gasteiger partial charge in [-0.25, -0.2) is 9.97 Å². The molecule has 0 atom stereocenters. The third-order valence-corrected chi connectivity index (χ3v) is 5.37. The van der Waals surface area contributed by atoms with Crippen molar-refractivity contribution in [1.82, 2.24) is 15.0 Å². The Labute approximate surface area is 178 Å². The Morgan fingerprint density at radius 3 is 2.73 bits per heavy atom. The molecule has 7 heteroatoms. The van der Waals surface area contributed by atoms with Crippen LogP contribution in [0.2, 0.25) is 0 Å². The zero-order chi connectivity index (χ0) is 20.9. The van der Waals surface area contributed by atoms with E-state index in [1.165, 1.54) is 16.9 Å². The molecule has 1 amide bonds. The molecule has 4 aromatic rings. The second kappa shape index (κ2) is 8.84. The molecule has 1 N–H and O–H groups in total. The number of nitrogens with zero attached hydrogens (tertiary/aromatic N) is 3. The first-order valence-corrected chi connectivity index (χ1v) is 10.3. The summed E-state index contributed by atoms with van der Waals surface area (Å²) in [4.78, 5) is 25.5. The average molecular weight is 417 g/mol. The van der Waals surface area contributed by atoms with Crippen LogP contribution in [0.15, 0.2) is 66.4 Å². The van der Waals surface area contributed by atoms with E-state index in [9.17, 15) is 4.79 Å². The van der Waals surface area contributed by atoms with E-state index in [4.69, 9.17) is 4.74 Å². The highest BCUT2D eigenvalue weighted by atomic mass is 32.1. The number of amides is 1. The molecule has 0 bridgehead atoms. The lowest BCUT2D eigenvalue weighted by Gasteiger charge is -2.11. The van der Waals surface area contributed by atoms with Crippen molar-refractivity contribution in [3.8, 4) is 16.3 Å². The number of ether oxygens (including phenoxy) is 1. The lowest BCUT2D eigenvalue weighted by Crippen LogP contribution is -2.14. The number of rotatable bonds is 6. The van der Waals surface area contributed by atoms with E-state index in [1.54, 1.807) is 36.1 Å². The molecule has 1 aromatic carbocycles. The van der Waals surface area contributed by atoms with Crippen molar-refractivity contribution < 1.29 is 9.53 Å². The second-order valence-corrected chi connectivity index (χ2v) is 7.66. The van der Waals surface area contributed by atoms with Crippen LogP contribution in [0, 0.1) is 13.8 Å². The van der Waals surface area contributed by atoms with E-state index < -0.39 is 0 Å². The maximum atomic E-state index is 12.8. The molecular weight excluding hydrogens is 396 g/mol. The Morgan fingerprint density at radius 2 is 1.93 bits per heavy atom. The van der Waals surface area contributed by atoms with Gasteiger partial charge in [0.25, 0.3) is 5.91 Å². The normalized spacial score (nSPS) is 10.6. The summed E-state index contributed by atoms with van der Waals surface area (Å²) in [5.41, 5.74) is 4.68. The van der Waals surface area contributed by atoms with E-state index >= 15 is 0 Å². The van der Waals surface area contributed by atoms with Gasteiger partial charge in [0.05, 0.1) is 0 Å². The van der Waals surface area contributed by atoms with Crippen LogP contribution in [0.3, 0.4) is 0 Å². The van der Waals surface area contributed by atoms with Crippen LogP contribution in [0.5, 0.6) is 5.75 Å². The molecular formula is C23H20N4O2S. The Balaban J connectivity index is 1.49. The molecule has 0 saturated heterocycles. The predicted octanol–water partition coefficient (Wildman–Crippen LogP) is 5.05. The van der Waals surface area contributed by atoms with Gasteiger partial charge in [-0.05, 0) is 49.2 Å². The second-order valence-electron chi connectivity index (χ2n) is 6.80. The van der Waals surface area contributed by atoms with Crippen LogP contribution in [0.25, 0.3) is 10.6 Å². The number of aromatic nitrogens is 3. The Kier molecular flexibility index (Phi) is 5.81. The van der Waals surface area contributed by atoms with Crippen LogP contribution < -0.4 is 10.1 Å². The van der Waals surface area contributed by atoms with E-state index in [-0.39, 0.29) is 5.91 Å². The largest absolute Gasteiger partial charge is 0.485 e. The highest BCUT2D eigenvalue weighted by Crippen LogP contribution is 2.28. The van der Waals surface area contributed by atoms with Crippen molar-refractivity contribution >= 4 is 23.1 Å². The third kappa shape index (κ3) is 4.52. The molecule has 30 heavy (non-hydrogen) atoms. The summed E-state index contributed by atoms with van der Waals surface area (Å²) in [6, 6.07) is 13.5. The monoisotopic (exact) mass is 416 g/mol. The van der Waals surface area contributed by atoms with Crippen molar-refractivity contribution in [1.29, 1.82) is 0 Å². The smallest absolute Gasteiger partial charge is 0.276 e. The van der Waals surface area contributed by atoms with Gasteiger partial charge in [-0.2, -0.15) is 0 Å². The molecule has 0 spiro atoms. The molecule has 0 aliphatic rings. The summed E-state index contributed by atoms with van der Waals surface area (Å²) in [6.07, 6.45) is 5.03. The molecule has 0 radical (unpaired) electrons. The molecule has 0 fully saturated rings. The number of nitrogens with one attached hydrogen (secondary N) is 1. The lowest BCUT2D eigenvalue weighted by molar-refractivity contribution is 0.102. The van der Waals surface area contributed by atoms with Gasteiger partial charge in [0.15, 0.2) is 11.6 Å². The first kappa shape index (κ1) is 19.7. The maximum Gasteiger partial charge on any atom is 0.276 e. The molecule has 0 aliphatic carbocycles. The third-order valence-electron chi connectivity index (χ3n) is 4.50. The summed E-state index contributed by atoms with van der Waals surface area (Å²) in [5.74, 6) is 0.528. The molecule has 0 unspecified atom stereocenters. The number of pyridine rings is 2. The number of aryl methyl sites for hydroxylation is 2. The Hall–Kier alpha value is -3.58. The van der Waals surface area contributed by atoms with Crippen LogP contribution in [0.1, 0.15) is 27.2 Å². The number of carbonyl (C=O) groups is 1. The van der Waals surface area contributed by atoms with Gasteiger partial charge in [-0.3, -0.25) is 9.78 Å². The first-order valence-electron chi connectivity index (χ1n) is 9.41. The quantitative estimate of drug-likeness (QED) is 0.476. The van der Waals surface area contributed by atoms with E-state index in [0.29, 0.717) is 23.9 Å². The van der Waals surface area contributed by atoms with Gasteiger partial charge in [0.2, 0.25) is 0 Å². The van der Waals surface area contributed by atoms with E-state index in [1.807, 2.05) is 31.2 Å². The predicted molar refractivity (Wildman–Crippen MR) is 118 cm³/mol. The zero-order valence-corrected chi connectivity index (χ0v) is 17.4. The topological polar surface area (TPSA) is 77.0 Å². The number of carbonyl (C=O) groups excluding carboxylic acids is 1. The lowest BCUT2D eigenvalue weighted by atomic mass is 10.1. The van der Waals surface area contributed by atoms with Crippen molar-refractivity contribution in [2.45, 2.75) is 20.5 Å². The number of thiazole rings is 1. The van der Waals surface area contributed by atoms with E-state index in [0.717, 1.165) is 21.7 Å². The van der Waals surface area contributed by atoms with Crippen molar-refractivity contribution in [3.63, 3.8) is 0 Å². The number of hydrogen-bond acceptors (Lipinski definition) is 6. The van der Waals surface area contributed by atoms with E-state index in [2.05, 4.69) is 33.3 Å². The van der Waals surface area contributed by atoms with Gasteiger partial charge >= 0.3 is 0 Å². The van der Waals surface area contributed by atoms with Gasteiger partial charge in [0.1, 0.15) is 17.3 Å². The maximum absolute atomic E-state index is 12.8. The average Bonchev–Trinajstić information content (AvgIpc) is 3.24. The number of benzene rings is 1. The number of hydrogen-bond donors (Lipinski definition) is 1. The Bertz CT molecular complexity index is 1170. The summed E-state index contributed by atoms with van der Waals surface area (Å²) in [5, 5.41) is 5.38. The summed E-state index contributed by atoms with van der Waals surface area (Å²) in [6.45, 7) is 4.45. The molecule has 4 rings (SSSR count). The zero-order valence-electron chi connectivity index (χ0n) is 16.6. The number of anilines is 1. The van der Waals surface area contributed by atoms with Crippen molar-refractivity contribution in [2.24, 2.45) is 0 Å². The fourth-order valence-corrected chi connectivity index (χ4v) is 3.86. The van der Waals surface area contributed by atoms with Gasteiger partial charge in [-0.15, -0.1) is 11.3 Å². The SMILES string of the molecule is Cc1ccc(-c2nc(C(=O)Nc3ncccc3OCc3ccncc3)cs2)c(C)c1. The van der Waals surface area contributed by atoms with Crippen LogP contribution in [-0.4, -0.2) is 20.9 Å². The molecule has 6 nitrogen and oxygen atoms in total. The first-order chi connectivity index (χ1) is 14.6. The molecule has 150 valence electrons. The summed E-state index contributed by atoms with van der Waals surface area (Å²) < 4.78 is 5.84. The highest BCUT2D eigenvalue weighted by Gasteiger charge is 2.16. The standard InChI is InChI=1S/C23H20N4O2S/c1-15-5-6-18(16(2)12-15)23-26-19(14-30-23)22(28)27-21-20(4-3-9-25-21)29-13-17-7-10-24-11-8-17/h3-12,14H,13H2,1-2H3,(H,25,27,28). The van der Waals surface area contributed by atoms with Crippen molar-refractivity contribution in [3.05, 3.63) is 88.8 Å². The van der Waals surface area contributed by atoms with Crippen molar-refractivity contribution in [2.75, 3.05) is 5.32 Å². The van der Waals surface area contributed by atoms with Crippen LogP contribution in [0.4, 0.5) is 5.82 Å². The molecule has 0 saturated carbocycles. The fraction of sp³-hybridized carbons (Fsp3) is 0.130. The minimum Gasteiger partial charge on any atom is -0.485 e.